The van der Waals surface area contributed by atoms with Gasteiger partial charge in [-0.3, -0.25) is 4.55 Å². The number of hydrogen-bond acceptors (Lipinski definition) is 4. The SMILES string of the molecule is O=S(O)CC(CS(=O)(=O)O)S(=O)O. The average Bonchev–Trinajstić information content (AvgIpc) is 1.81. The first-order valence-electron chi connectivity index (χ1n) is 2.84. The summed E-state index contributed by atoms with van der Waals surface area (Å²) >= 11 is -4.94. The highest BCUT2D eigenvalue weighted by molar-refractivity contribution is 7.88. The first-order valence-corrected chi connectivity index (χ1v) is 6.90. The molecular weight excluding hydrogens is 244 g/mol. The Hall–Kier alpha value is 0.130. The molecule has 0 aromatic rings. The summed E-state index contributed by atoms with van der Waals surface area (Å²) < 4.78 is 66.2. The molecule has 3 N–H and O–H groups in total. The maximum absolute atomic E-state index is 10.4. The van der Waals surface area contributed by atoms with E-state index < -0.39 is 49.0 Å². The summed E-state index contributed by atoms with van der Waals surface area (Å²) in [5, 5.41) is -1.46. The lowest BCUT2D eigenvalue weighted by Crippen LogP contribution is -2.30. The Kier molecular flexibility index (Phi) is 5.17. The van der Waals surface area contributed by atoms with E-state index in [2.05, 4.69) is 0 Å². The van der Waals surface area contributed by atoms with Crippen LogP contribution in [0.5, 0.6) is 0 Å². The van der Waals surface area contributed by atoms with Gasteiger partial charge in [-0.2, -0.15) is 8.42 Å². The molecule has 0 fully saturated rings. The highest BCUT2D eigenvalue weighted by Gasteiger charge is 2.24. The van der Waals surface area contributed by atoms with Crippen molar-refractivity contribution >= 4 is 32.3 Å². The van der Waals surface area contributed by atoms with E-state index in [1.54, 1.807) is 0 Å². The van der Waals surface area contributed by atoms with Crippen LogP contribution in [0, 0.1) is 0 Å². The average molecular weight is 252 g/mol. The lowest BCUT2D eigenvalue weighted by Gasteiger charge is -2.07. The first-order chi connectivity index (χ1) is 5.72. The van der Waals surface area contributed by atoms with Gasteiger partial charge >= 0.3 is 0 Å². The molecule has 0 aliphatic rings. The maximum Gasteiger partial charge on any atom is 0.266 e. The summed E-state index contributed by atoms with van der Waals surface area (Å²) in [6.07, 6.45) is 0. The van der Waals surface area contributed by atoms with Gasteiger partial charge in [-0.05, 0) is 0 Å². The number of rotatable bonds is 5. The lowest BCUT2D eigenvalue weighted by molar-refractivity contribution is 0.479. The summed E-state index contributed by atoms with van der Waals surface area (Å²) in [5.41, 5.74) is 0. The third-order valence-electron chi connectivity index (χ3n) is 1.01. The smallest absolute Gasteiger partial charge is 0.266 e. The molecule has 80 valence electrons. The maximum atomic E-state index is 10.4. The molecule has 0 saturated heterocycles. The molecule has 0 bridgehead atoms. The van der Waals surface area contributed by atoms with Crippen molar-refractivity contribution in [2.45, 2.75) is 5.25 Å². The van der Waals surface area contributed by atoms with Gasteiger partial charge in [0.25, 0.3) is 10.1 Å². The zero-order valence-corrected chi connectivity index (χ0v) is 8.64. The van der Waals surface area contributed by atoms with Crippen LogP contribution in [0.4, 0.5) is 0 Å². The molecule has 7 nitrogen and oxygen atoms in total. The van der Waals surface area contributed by atoms with Gasteiger partial charge in [-0.15, -0.1) is 0 Å². The summed E-state index contributed by atoms with van der Waals surface area (Å²) in [6.45, 7) is 0. The predicted octanol–water partition coefficient (Wildman–Crippen LogP) is -1.31. The van der Waals surface area contributed by atoms with Crippen LogP contribution in [-0.2, 0) is 32.3 Å². The third-order valence-corrected chi connectivity index (χ3v) is 3.85. The monoisotopic (exact) mass is 252 g/mol. The summed E-state index contributed by atoms with van der Waals surface area (Å²) in [5.74, 6) is -1.69. The lowest BCUT2D eigenvalue weighted by atomic mass is 10.6. The molecule has 3 atom stereocenters. The van der Waals surface area contributed by atoms with Crippen molar-refractivity contribution in [2.24, 2.45) is 0 Å². The second-order valence-corrected chi connectivity index (χ2v) is 5.83. The first kappa shape index (κ1) is 13.1. The van der Waals surface area contributed by atoms with Crippen molar-refractivity contribution < 1.29 is 30.5 Å². The second-order valence-electron chi connectivity index (χ2n) is 2.13. The molecular formula is C3H8O7S3. The van der Waals surface area contributed by atoms with Crippen molar-refractivity contribution in [1.82, 2.24) is 0 Å². The summed E-state index contributed by atoms with van der Waals surface area (Å²) in [4.78, 5) is 0. The minimum Gasteiger partial charge on any atom is -0.306 e. The van der Waals surface area contributed by atoms with Crippen LogP contribution in [0.3, 0.4) is 0 Å². The van der Waals surface area contributed by atoms with E-state index in [1.165, 1.54) is 0 Å². The zero-order chi connectivity index (χ0) is 10.6. The van der Waals surface area contributed by atoms with Gasteiger partial charge < -0.3 is 9.11 Å². The van der Waals surface area contributed by atoms with E-state index in [0.717, 1.165) is 0 Å². The van der Waals surface area contributed by atoms with Crippen molar-refractivity contribution in [3.63, 3.8) is 0 Å². The minimum atomic E-state index is -4.41. The Bertz CT molecular complexity index is 305. The molecule has 0 rings (SSSR count). The highest BCUT2D eigenvalue weighted by Crippen LogP contribution is 2.00. The Morgan fingerprint density at radius 2 is 1.69 bits per heavy atom. The van der Waals surface area contributed by atoms with Gasteiger partial charge in [0, 0.05) is 0 Å². The predicted molar refractivity (Wildman–Crippen MR) is 46.6 cm³/mol. The highest BCUT2D eigenvalue weighted by atomic mass is 32.2. The molecule has 0 aromatic carbocycles. The summed E-state index contributed by atoms with van der Waals surface area (Å²) in [7, 11) is -4.41. The molecule has 0 spiro atoms. The zero-order valence-electron chi connectivity index (χ0n) is 6.19. The number of hydrogen-bond donors (Lipinski definition) is 3. The third kappa shape index (κ3) is 7.22. The van der Waals surface area contributed by atoms with Crippen LogP contribution in [0.15, 0.2) is 0 Å². The fourth-order valence-corrected chi connectivity index (χ4v) is 3.53. The van der Waals surface area contributed by atoms with E-state index in [1.807, 2.05) is 0 Å². The van der Waals surface area contributed by atoms with Crippen molar-refractivity contribution in [2.75, 3.05) is 11.5 Å². The van der Waals surface area contributed by atoms with Crippen LogP contribution < -0.4 is 0 Å². The van der Waals surface area contributed by atoms with Crippen molar-refractivity contribution in [1.29, 1.82) is 0 Å². The quantitative estimate of drug-likeness (QED) is 0.409. The molecule has 0 aromatic heterocycles. The van der Waals surface area contributed by atoms with Gasteiger partial charge in [-0.1, -0.05) is 0 Å². The van der Waals surface area contributed by atoms with Gasteiger partial charge in [0.05, 0.1) is 16.8 Å². The van der Waals surface area contributed by atoms with Crippen LogP contribution in [-0.4, -0.2) is 47.2 Å². The fraction of sp³-hybridized carbons (Fsp3) is 1.00. The molecule has 0 heterocycles. The molecule has 0 saturated carbocycles. The Morgan fingerprint density at radius 1 is 1.23 bits per heavy atom. The standard InChI is InChI=1S/C3H8O7S3/c4-11(5)1-3(12(6)7)2-13(8,9)10/h3H,1-2H2,(H,4,5)(H,6,7)(H,8,9,10). The molecule has 0 aliphatic heterocycles. The molecule has 13 heavy (non-hydrogen) atoms. The van der Waals surface area contributed by atoms with E-state index in [0.29, 0.717) is 0 Å². The van der Waals surface area contributed by atoms with Crippen molar-refractivity contribution in [3.8, 4) is 0 Å². The van der Waals surface area contributed by atoms with Gasteiger partial charge in [-0.25, -0.2) is 8.42 Å². The van der Waals surface area contributed by atoms with Gasteiger partial charge in [0.15, 0.2) is 22.2 Å². The van der Waals surface area contributed by atoms with Crippen LogP contribution in [0.1, 0.15) is 0 Å². The topological polar surface area (TPSA) is 129 Å². The minimum absolute atomic E-state index is 0.678. The second kappa shape index (κ2) is 5.12. The molecule has 0 aliphatic carbocycles. The van der Waals surface area contributed by atoms with Crippen LogP contribution >= 0.6 is 0 Å². The Morgan fingerprint density at radius 3 is 1.92 bits per heavy atom. The molecule has 0 radical (unpaired) electrons. The fourth-order valence-electron chi connectivity index (χ4n) is 0.558. The van der Waals surface area contributed by atoms with E-state index >= 15 is 0 Å². The van der Waals surface area contributed by atoms with Crippen LogP contribution in [0.25, 0.3) is 0 Å². The summed E-state index contributed by atoms with van der Waals surface area (Å²) in [6, 6.07) is 0. The van der Waals surface area contributed by atoms with Crippen LogP contribution in [0.2, 0.25) is 0 Å². The Labute approximate surface area is 79.9 Å². The van der Waals surface area contributed by atoms with E-state index in [4.69, 9.17) is 13.7 Å². The van der Waals surface area contributed by atoms with Gasteiger partial charge in [0.1, 0.15) is 0 Å². The van der Waals surface area contributed by atoms with Crippen molar-refractivity contribution in [3.05, 3.63) is 0 Å². The molecule has 3 unspecified atom stereocenters. The normalized spacial score (nSPS) is 19.3. The largest absolute Gasteiger partial charge is 0.306 e. The van der Waals surface area contributed by atoms with E-state index in [9.17, 15) is 16.8 Å². The van der Waals surface area contributed by atoms with Gasteiger partial charge in [0.2, 0.25) is 0 Å². The Balaban J connectivity index is 4.45. The molecule has 10 heteroatoms. The molecule has 0 amide bonds. The van der Waals surface area contributed by atoms with E-state index in [-0.39, 0.29) is 0 Å².